The standard InChI is InChI=1S/C14H20N6/c1-13(2)12(14(13,3)4)20-11(17-18-19-20)8-5-9(15)7-10(16)6-8/h5-7,12H,15-16H2,1-4H3. The van der Waals surface area contributed by atoms with Gasteiger partial charge in [-0.05, 0) is 39.5 Å². The molecule has 20 heavy (non-hydrogen) atoms. The lowest BCUT2D eigenvalue weighted by atomic mass is 10.0. The predicted molar refractivity (Wildman–Crippen MR) is 78.7 cm³/mol. The van der Waals surface area contributed by atoms with Gasteiger partial charge < -0.3 is 11.5 Å². The van der Waals surface area contributed by atoms with Crippen LogP contribution in [0.2, 0.25) is 0 Å². The van der Waals surface area contributed by atoms with Gasteiger partial charge >= 0.3 is 0 Å². The topological polar surface area (TPSA) is 95.6 Å². The van der Waals surface area contributed by atoms with Crippen LogP contribution in [0.3, 0.4) is 0 Å². The molecule has 6 nitrogen and oxygen atoms in total. The van der Waals surface area contributed by atoms with E-state index >= 15 is 0 Å². The lowest BCUT2D eigenvalue weighted by molar-refractivity contribution is 0.457. The van der Waals surface area contributed by atoms with Gasteiger partial charge in [0.1, 0.15) is 0 Å². The molecule has 1 aliphatic carbocycles. The maximum atomic E-state index is 5.86. The molecule has 4 N–H and O–H groups in total. The number of aromatic nitrogens is 4. The van der Waals surface area contributed by atoms with Gasteiger partial charge in [0.25, 0.3) is 0 Å². The maximum Gasteiger partial charge on any atom is 0.182 e. The summed E-state index contributed by atoms with van der Waals surface area (Å²) < 4.78 is 1.90. The Morgan fingerprint density at radius 1 is 1.00 bits per heavy atom. The molecule has 1 aromatic carbocycles. The largest absolute Gasteiger partial charge is 0.399 e. The molecule has 0 unspecified atom stereocenters. The highest BCUT2D eigenvalue weighted by Crippen LogP contribution is 2.71. The highest BCUT2D eigenvalue weighted by Gasteiger charge is 2.67. The SMILES string of the molecule is CC1(C)C(n2nnnc2-c2cc(N)cc(N)c2)C1(C)C. The van der Waals surface area contributed by atoms with Crippen LogP contribution >= 0.6 is 0 Å². The molecular formula is C14H20N6. The van der Waals surface area contributed by atoms with Gasteiger partial charge in [0.2, 0.25) is 0 Å². The number of anilines is 2. The number of hydrogen-bond donors (Lipinski definition) is 2. The van der Waals surface area contributed by atoms with Gasteiger partial charge in [-0.3, -0.25) is 0 Å². The summed E-state index contributed by atoms with van der Waals surface area (Å²) in [6.07, 6.45) is 0. The van der Waals surface area contributed by atoms with Gasteiger partial charge in [-0.25, -0.2) is 4.68 Å². The van der Waals surface area contributed by atoms with Crippen LogP contribution in [0, 0.1) is 10.8 Å². The first-order valence-corrected chi connectivity index (χ1v) is 6.69. The number of benzene rings is 1. The average Bonchev–Trinajstić information content (AvgIpc) is 2.67. The molecule has 1 heterocycles. The lowest BCUT2D eigenvalue weighted by Crippen LogP contribution is -2.06. The van der Waals surface area contributed by atoms with E-state index in [2.05, 4.69) is 43.2 Å². The fraction of sp³-hybridized carbons (Fsp3) is 0.500. The lowest BCUT2D eigenvalue weighted by Gasteiger charge is -2.08. The van der Waals surface area contributed by atoms with Gasteiger partial charge in [-0.1, -0.05) is 27.7 Å². The summed E-state index contributed by atoms with van der Waals surface area (Å²) in [6, 6.07) is 5.69. The van der Waals surface area contributed by atoms with E-state index in [-0.39, 0.29) is 16.9 Å². The van der Waals surface area contributed by atoms with Gasteiger partial charge in [0.05, 0.1) is 6.04 Å². The monoisotopic (exact) mass is 272 g/mol. The first-order chi connectivity index (χ1) is 9.25. The van der Waals surface area contributed by atoms with Crippen molar-refractivity contribution in [1.82, 2.24) is 20.2 Å². The van der Waals surface area contributed by atoms with Crippen molar-refractivity contribution in [2.45, 2.75) is 33.7 Å². The van der Waals surface area contributed by atoms with Crippen LogP contribution in [-0.4, -0.2) is 20.2 Å². The summed E-state index contributed by atoms with van der Waals surface area (Å²) >= 11 is 0. The van der Waals surface area contributed by atoms with E-state index in [9.17, 15) is 0 Å². The molecule has 0 radical (unpaired) electrons. The van der Waals surface area contributed by atoms with Crippen LogP contribution in [0.15, 0.2) is 18.2 Å². The van der Waals surface area contributed by atoms with Crippen LogP contribution < -0.4 is 11.5 Å². The molecule has 2 aromatic rings. The summed E-state index contributed by atoms with van der Waals surface area (Å²) in [5.74, 6) is 0.715. The highest BCUT2D eigenvalue weighted by molar-refractivity contribution is 5.68. The second-order valence-electron chi connectivity index (χ2n) is 6.68. The van der Waals surface area contributed by atoms with Crippen molar-refractivity contribution in [3.63, 3.8) is 0 Å². The average molecular weight is 272 g/mol. The number of nitrogens with zero attached hydrogens (tertiary/aromatic N) is 4. The Bertz CT molecular complexity index is 636. The Morgan fingerprint density at radius 3 is 2.05 bits per heavy atom. The van der Waals surface area contributed by atoms with E-state index in [0.717, 1.165) is 5.56 Å². The first kappa shape index (κ1) is 12.9. The second-order valence-corrected chi connectivity index (χ2v) is 6.68. The molecule has 0 amide bonds. The minimum Gasteiger partial charge on any atom is -0.399 e. The molecular weight excluding hydrogens is 252 g/mol. The highest BCUT2D eigenvalue weighted by atomic mass is 15.6. The predicted octanol–water partition coefficient (Wildman–Crippen LogP) is 2.11. The van der Waals surface area contributed by atoms with E-state index in [1.54, 1.807) is 6.07 Å². The number of nitrogen functional groups attached to an aromatic ring is 2. The van der Waals surface area contributed by atoms with Crippen LogP contribution in [-0.2, 0) is 0 Å². The molecule has 0 atom stereocenters. The minimum absolute atomic E-state index is 0.156. The number of rotatable bonds is 2. The molecule has 0 saturated heterocycles. The summed E-state index contributed by atoms with van der Waals surface area (Å²) in [5, 5.41) is 12.2. The van der Waals surface area contributed by atoms with E-state index in [4.69, 9.17) is 11.5 Å². The summed E-state index contributed by atoms with van der Waals surface area (Å²) in [6.45, 7) is 8.93. The zero-order valence-corrected chi connectivity index (χ0v) is 12.3. The number of hydrogen-bond acceptors (Lipinski definition) is 5. The zero-order valence-electron chi connectivity index (χ0n) is 12.3. The number of tetrazole rings is 1. The van der Waals surface area contributed by atoms with Crippen molar-refractivity contribution in [3.05, 3.63) is 18.2 Å². The van der Waals surface area contributed by atoms with Crippen LogP contribution in [0.5, 0.6) is 0 Å². The van der Waals surface area contributed by atoms with E-state index in [1.807, 2.05) is 16.8 Å². The van der Waals surface area contributed by atoms with E-state index < -0.39 is 0 Å². The zero-order chi connectivity index (χ0) is 14.7. The molecule has 1 fully saturated rings. The first-order valence-electron chi connectivity index (χ1n) is 6.69. The second kappa shape index (κ2) is 3.71. The Hall–Kier alpha value is -2.11. The normalized spacial score (nSPS) is 20.0. The van der Waals surface area contributed by atoms with Crippen LogP contribution in [0.1, 0.15) is 33.7 Å². The molecule has 106 valence electrons. The Labute approximate surface area is 118 Å². The molecule has 1 aromatic heterocycles. The van der Waals surface area contributed by atoms with E-state index in [0.29, 0.717) is 17.2 Å². The molecule has 0 bridgehead atoms. The fourth-order valence-corrected chi connectivity index (χ4v) is 3.14. The number of nitrogens with two attached hydrogens (primary N) is 2. The molecule has 0 spiro atoms. The smallest absolute Gasteiger partial charge is 0.182 e. The maximum absolute atomic E-state index is 5.86. The van der Waals surface area contributed by atoms with Crippen molar-refractivity contribution >= 4 is 11.4 Å². The Morgan fingerprint density at radius 2 is 1.55 bits per heavy atom. The Balaban J connectivity index is 2.08. The van der Waals surface area contributed by atoms with Crippen LogP contribution in [0.25, 0.3) is 11.4 Å². The van der Waals surface area contributed by atoms with Crippen molar-refractivity contribution in [3.8, 4) is 11.4 Å². The van der Waals surface area contributed by atoms with Crippen molar-refractivity contribution in [2.75, 3.05) is 11.5 Å². The summed E-state index contributed by atoms with van der Waals surface area (Å²) in [7, 11) is 0. The van der Waals surface area contributed by atoms with Gasteiger partial charge in [0.15, 0.2) is 5.82 Å². The van der Waals surface area contributed by atoms with Crippen molar-refractivity contribution in [1.29, 1.82) is 0 Å². The third-order valence-electron chi connectivity index (χ3n) is 4.92. The van der Waals surface area contributed by atoms with Gasteiger partial charge in [0, 0.05) is 16.9 Å². The van der Waals surface area contributed by atoms with Gasteiger partial charge in [-0.2, -0.15) is 0 Å². The molecule has 1 aliphatic rings. The molecule has 3 rings (SSSR count). The molecule has 1 saturated carbocycles. The minimum atomic E-state index is 0.156. The fourth-order valence-electron chi connectivity index (χ4n) is 3.14. The summed E-state index contributed by atoms with van der Waals surface area (Å²) in [5.41, 5.74) is 14.1. The van der Waals surface area contributed by atoms with Crippen molar-refractivity contribution < 1.29 is 0 Å². The Kier molecular flexibility index (Phi) is 2.39. The van der Waals surface area contributed by atoms with Gasteiger partial charge in [-0.15, -0.1) is 5.10 Å². The third kappa shape index (κ3) is 1.60. The van der Waals surface area contributed by atoms with Crippen molar-refractivity contribution in [2.24, 2.45) is 10.8 Å². The third-order valence-corrected chi connectivity index (χ3v) is 4.92. The molecule has 0 aliphatic heterocycles. The molecule has 6 heteroatoms. The quantitative estimate of drug-likeness (QED) is 0.816. The summed E-state index contributed by atoms with van der Waals surface area (Å²) in [4.78, 5) is 0. The van der Waals surface area contributed by atoms with Crippen LogP contribution in [0.4, 0.5) is 11.4 Å². The van der Waals surface area contributed by atoms with E-state index in [1.165, 1.54) is 0 Å².